The number of rotatable bonds is 14. The number of nitrogens with two attached hydrogens (primary N) is 1. The van der Waals surface area contributed by atoms with Gasteiger partial charge in [-0.25, -0.2) is 15.8 Å². The van der Waals surface area contributed by atoms with E-state index in [-0.39, 0.29) is 18.4 Å². The summed E-state index contributed by atoms with van der Waals surface area (Å²) in [7, 11) is 4.86. The first kappa shape index (κ1) is 36.4. The number of hydrogen-bond donors (Lipinski definition) is 3. The molecule has 0 bridgehead atoms. The van der Waals surface area contributed by atoms with Crippen molar-refractivity contribution < 1.29 is 23.8 Å². The molecule has 2 aromatic heterocycles. The summed E-state index contributed by atoms with van der Waals surface area (Å²) in [6.45, 7) is 7.12. The van der Waals surface area contributed by atoms with E-state index < -0.39 is 5.60 Å². The van der Waals surface area contributed by atoms with Crippen molar-refractivity contribution in [2.24, 2.45) is 10.8 Å². The molecule has 0 spiro atoms. The van der Waals surface area contributed by atoms with Crippen LogP contribution in [0.25, 0.3) is 33.4 Å². The molecule has 0 saturated carbocycles. The van der Waals surface area contributed by atoms with Gasteiger partial charge in [-0.3, -0.25) is 19.6 Å². The number of pyridine rings is 1. The highest BCUT2D eigenvalue weighted by Gasteiger charge is 2.45. The normalized spacial score (nSPS) is 17.8. The van der Waals surface area contributed by atoms with E-state index >= 15 is 0 Å². The van der Waals surface area contributed by atoms with Gasteiger partial charge in [0, 0.05) is 76.3 Å². The molecular formula is C38H45N9O5. The number of aliphatic imine (C=N–C) groups is 1. The Morgan fingerprint density at radius 1 is 1.12 bits per heavy atom. The summed E-state index contributed by atoms with van der Waals surface area (Å²) in [5.74, 6) is 5.86. The lowest BCUT2D eigenvalue weighted by atomic mass is 9.98. The van der Waals surface area contributed by atoms with Crippen molar-refractivity contribution in [2.45, 2.75) is 18.4 Å². The molecule has 14 heteroatoms. The number of aromatic amines is 1. The van der Waals surface area contributed by atoms with Crippen LogP contribution in [0.5, 0.6) is 5.88 Å². The summed E-state index contributed by atoms with van der Waals surface area (Å²) in [4.78, 5) is 39.6. The summed E-state index contributed by atoms with van der Waals surface area (Å²) in [5.41, 5.74) is 5.70. The molecule has 272 valence electrons. The minimum absolute atomic E-state index is 0.0268. The van der Waals surface area contributed by atoms with Crippen molar-refractivity contribution in [3.8, 4) is 17.1 Å². The standard InChI is InChI=1S/C38H45N9O5/c1-26(41-25-45(2)39)27-5-7-28(8-6-27)29-13-16-47(17-14-29)35(48)23-46-18-15-38(24-46,51-4)37(49)42-31-10-11-33-32(21-31)36(44-43-33)30-9-12-34(40-22-30)52-20-19-50-3/h5-13,21-22,25H,1,14-20,23-24,39H2,2-4H3,(H,42,49)(H,43,44)/b41-25-/t38-/m0/s1. The number of benzene rings is 2. The number of fused-ring (bicyclic) bond motifs is 1. The van der Waals surface area contributed by atoms with Crippen LogP contribution in [0.2, 0.25) is 0 Å². The van der Waals surface area contributed by atoms with E-state index in [2.05, 4.69) is 50.3 Å². The number of methoxy groups -OCH3 is 2. The first-order valence-corrected chi connectivity index (χ1v) is 17.1. The third-order valence-corrected chi connectivity index (χ3v) is 9.39. The Kier molecular flexibility index (Phi) is 11.4. The highest BCUT2D eigenvalue weighted by Crippen LogP contribution is 2.31. The van der Waals surface area contributed by atoms with E-state index in [0.717, 1.165) is 34.0 Å². The number of hydrazine groups is 1. The zero-order valence-electron chi connectivity index (χ0n) is 29.8. The molecule has 2 aliphatic heterocycles. The van der Waals surface area contributed by atoms with Gasteiger partial charge in [-0.15, -0.1) is 0 Å². The van der Waals surface area contributed by atoms with E-state index in [0.29, 0.717) is 68.8 Å². The fourth-order valence-electron chi connectivity index (χ4n) is 6.39. The Hall–Kier alpha value is -5.41. The topological polar surface area (TPSA) is 164 Å². The maximum Gasteiger partial charge on any atom is 0.258 e. The molecule has 0 radical (unpaired) electrons. The van der Waals surface area contributed by atoms with Gasteiger partial charge >= 0.3 is 0 Å². The van der Waals surface area contributed by atoms with Crippen LogP contribution in [-0.2, 0) is 19.1 Å². The van der Waals surface area contributed by atoms with Crippen LogP contribution < -0.4 is 15.9 Å². The monoisotopic (exact) mass is 707 g/mol. The molecule has 1 atom stereocenters. The Morgan fingerprint density at radius 2 is 1.92 bits per heavy atom. The molecule has 4 aromatic rings. The lowest BCUT2D eigenvalue weighted by Gasteiger charge is -2.30. The summed E-state index contributed by atoms with van der Waals surface area (Å²) in [5, 5.41) is 12.8. The van der Waals surface area contributed by atoms with Crippen LogP contribution in [0.1, 0.15) is 24.0 Å². The first-order chi connectivity index (χ1) is 25.2. The van der Waals surface area contributed by atoms with Gasteiger partial charge in [0.2, 0.25) is 11.8 Å². The van der Waals surface area contributed by atoms with Crippen LogP contribution in [0, 0.1) is 0 Å². The second kappa shape index (κ2) is 16.3. The van der Waals surface area contributed by atoms with Crippen LogP contribution in [-0.4, -0.2) is 121 Å². The molecular weight excluding hydrogens is 662 g/mol. The van der Waals surface area contributed by atoms with Crippen molar-refractivity contribution >= 4 is 46.0 Å². The third-order valence-electron chi connectivity index (χ3n) is 9.39. The average molecular weight is 708 g/mol. The Balaban J connectivity index is 1.04. The fraction of sp³-hybridized carbons (Fsp3) is 0.342. The van der Waals surface area contributed by atoms with Gasteiger partial charge < -0.3 is 29.4 Å². The number of likely N-dealkylation sites (tertiary alicyclic amines) is 1. The van der Waals surface area contributed by atoms with Gasteiger partial charge in [-0.05, 0) is 53.8 Å². The molecule has 14 nitrogen and oxygen atoms in total. The van der Waals surface area contributed by atoms with E-state index in [4.69, 9.17) is 20.1 Å². The maximum atomic E-state index is 13.7. The Bertz CT molecular complexity index is 1960. The van der Waals surface area contributed by atoms with Crippen LogP contribution in [0.15, 0.2) is 78.4 Å². The predicted molar refractivity (Wildman–Crippen MR) is 201 cm³/mol. The second-order valence-corrected chi connectivity index (χ2v) is 12.9. The van der Waals surface area contributed by atoms with Crippen LogP contribution in [0.4, 0.5) is 5.69 Å². The van der Waals surface area contributed by atoms with Gasteiger partial charge in [-0.2, -0.15) is 5.10 Å². The van der Waals surface area contributed by atoms with Gasteiger partial charge in [0.1, 0.15) is 18.6 Å². The van der Waals surface area contributed by atoms with Gasteiger partial charge in [0.15, 0.2) is 5.60 Å². The molecule has 2 amide bonds. The molecule has 6 rings (SSSR count). The number of carbonyl (C=O) groups is 2. The smallest absolute Gasteiger partial charge is 0.258 e. The zero-order valence-corrected chi connectivity index (χ0v) is 29.8. The molecule has 4 heterocycles. The summed E-state index contributed by atoms with van der Waals surface area (Å²) >= 11 is 0. The molecule has 1 fully saturated rings. The lowest BCUT2D eigenvalue weighted by molar-refractivity contribution is -0.138. The van der Waals surface area contributed by atoms with Crippen LogP contribution >= 0.6 is 0 Å². The SMILES string of the molecule is C=C(/N=C\N(C)N)c1ccc(C2=CCN(C(=O)CN3CC[C@@](OC)(C(=O)Nc4ccc5[nH]nc(-c6ccc(OCCOC)nc6)c5c4)C3)CC2)cc1. The van der Waals surface area contributed by atoms with E-state index in [9.17, 15) is 9.59 Å². The number of H-pyrrole nitrogens is 1. The summed E-state index contributed by atoms with van der Waals surface area (Å²) < 4.78 is 16.5. The van der Waals surface area contributed by atoms with Crippen molar-refractivity contribution in [3.05, 3.63) is 84.6 Å². The molecule has 2 aromatic carbocycles. The summed E-state index contributed by atoms with van der Waals surface area (Å²) in [6, 6.07) is 17.3. The minimum Gasteiger partial charge on any atom is -0.475 e. The number of nitrogens with zero attached hydrogens (tertiary/aromatic N) is 6. The highest BCUT2D eigenvalue weighted by atomic mass is 16.5. The van der Waals surface area contributed by atoms with E-state index in [1.54, 1.807) is 33.5 Å². The van der Waals surface area contributed by atoms with Crippen molar-refractivity contribution in [1.29, 1.82) is 0 Å². The van der Waals surface area contributed by atoms with Crippen molar-refractivity contribution in [3.63, 3.8) is 0 Å². The Labute approximate surface area is 302 Å². The van der Waals surface area contributed by atoms with Gasteiger partial charge in [0.05, 0.1) is 24.4 Å². The largest absolute Gasteiger partial charge is 0.475 e. The molecule has 52 heavy (non-hydrogen) atoms. The number of anilines is 1. The Morgan fingerprint density at radius 3 is 2.62 bits per heavy atom. The number of nitrogens with one attached hydrogen (secondary N) is 2. The van der Waals surface area contributed by atoms with Crippen molar-refractivity contribution in [1.82, 2.24) is 30.0 Å². The number of carbonyl (C=O) groups excluding carboxylic acids is 2. The lowest BCUT2D eigenvalue weighted by Crippen LogP contribution is -2.48. The van der Waals surface area contributed by atoms with E-state index in [1.807, 2.05) is 46.2 Å². The highest BCUT2D eigenvalue weighted by molar-refractivity contribution is 6.01. The zero-order chi connectivity index (χ0) is 36.7. The van der Waals surface area contributed by atoms with E-state index in [1.165, 1.54) is 16.9 Å². The average Bonchev–Trinajstić information content (AvgIpc) is 3.79. The maximum absolute atomic E-state index is 13.7. The number of amides is 2. The van der Waals surface area contributed by atoms with Gasteiger partial charge in [-0.1, -0.05) is 36.9 Å². The van der Waals surface area contributed by atoms with Crippen molar-refractivity contribution in [2.75, 3.05) is 72.5 Å². The summed E-state index contributed by atoms with van der Waals surface area (Å²) in [6.07, 6.45) is 6.54. The number of ether oxygens (including phenoxy) is 3. The molecule has 0 unspecified atom stereocenters. The fourth-order valence-corrected chi connectivity index (χ4v) is 6.39. The number of aromatic nitrogens is 3. The van der Waals surface area contributed by atoms with Crippen LogP contribution in [0.3, 0.4) is 0 Å². The predicted octanol–water partition coefficient (Wildman–Crippen LogP) is 3.80. The molecule has 4 N–H and O–H groups in total. The number of hydrogen-bond acceptors (Lipinski definition) is 10. The van der Waals surface area contributed by atoms with Gasteiger partial charge in [0.25, 0.3) is 5.91 Å². The quantitative estimate of drug-likeness (QED) is 0.0578. The first-order valence-electron chi connectivity index (χ1n) is 17.1. The molecule has 2 aliphatic rings. The molecule has 0 aliphatic carbocycles. The third kappa shape index (κ3) is 8.37. The minimum atomic E-state index is -1.09. The second-order valence-electron chi connectivity index (χ2n) is 12.9. The molecule has 1 saturated heterocycles.